The number of hydrogen-bond donors (Lipinski definition) is 2. The SMILES string of the molecule is COCCN(C)CCNC(=O)c1cc(Cl)c(N)c(Cl)c1. The summed E-state index contributed by atoms with van der Waals surface area (Å²) in [4.78, 5) is 14.0. The van der Waals surface area contributed by atoms with E-state index in [1.54, 1.807) is 7.11 Å². The summed E-state index contributed by atoms with van der Waals surface area (Å²) in [5, 5.41) is 3.36. The number of likely N-dealkylation sites (N-methyl/N-ethyl adjacent to an activating group) is 1. The van der Waals surface area contributed by atoms with E-state index in [9.17, 15) is 4.79 Å². The van der Waals surface area contributed by atoms with E-state index in [1.165, 1.54) is 12.1 Å². The molecule has 7 heteroatoms. The number of halogens is 2. The Labute approximate surface area is 129 Å². The van der Waals surface area contributed by atoms with Crippen molar-refractivity contribution >= 4 is 34.8 Å². The molecular weight excluding hydrogens is 301 g/mol. The highest BCUT2D eigenvalue weighted by atomic mass is 35.5. The van der Waals surface area contributed by atoms with Crippen LogP contribution >= 0.6 is 23.2 Å². The molecule has 0 saturated carbocycles. The zero-order valence-corrected chi connectivity index (χ0v) is 13.1. The fourth-order valence-corrected chi connectivity index (χ4v) is 2.02. The van der Waals surface area contributed by atoms with Gasteiger partial charge in [-0.25, -0.2) is 0 Å². The van der Waals surface area contributed by atoms with Gasteiger partial charge in [0.15, 0.2) is 0 Å². The fraction of sp³-hybridized carbons (Fsp3) is 0.462. The first-order valence-electron chi connectivity index (χ1n) is 6.16. The standard InChI is InChI=1S/C13H19Cl2N3O2/c1-18(5-6-20-2)4-3-17-13(19)9-7-10(14)12(16)11(15)8-9/h7-8H,3-6,16H2,1-2H3,(H,17,19). The largest absolute Gasteiger partial charge is 0.396 e. The van der Waals surface area contributed by atoms with E-state index in [0.29, 0.717) is 18.7 Å². The number of benzene rings is 1. The van der Waals surface area contributed by atoms with Gasteiger partial charge in [0.25, 0.3) is 5.91 Å². The minimum Gasteiger partial charge on any atom is -0.396 e. The molecule has 0 radical (unpaired) electrons. The number of nitrogen functional groups attached to an aromatic ring is 1. The third-order valence-electron chi connectivity index (χ3n) is 2.80. The lowest BCUT2D eigenvalue weighted by atomic mass is 10.2. The van der Waals surface area contributed by atoms with Crippen molar-refractivity contribution in [1.82, 2.24) is 10.2 Å². The second-order valence-electron chi connectivity index (χ2n) is 4.41. The molecule has 1 aromatic carbocycles. The Kier molecular flexibility index (Phi) is 7.09. The molecule has 0 aromatic heterocycles. The van der Waals surface area contributed by atoms with E-state index >= 15 is 0 Å². The Hall–Kier alpha value is -1.01. The van der Waals surface area contributed by atoms with Crippen LogP contribution < -0.4 is 11.1 Å². The lowest BCUT2D eigenvalue weighted by molar-refractivity contribution is 0.0947. The van der Waals surface area contributed by atoms with Gasteiger partial charge in [0, 0.05) is 32.3 Å². The number of carbonyl (C=O) groups is 1. The predicted molar refractivity (Wildman–Crippen MR) is 82.6 cm³/mol. The van der Waals surface area contributed by atoms with Crippen LogP contribution in [0.15, 0.2) is 12.1 Å². The minimum atomic E-state index is -0.228. The van der Waals surface area contributed by atoms with E-state index in [1.807, 2.05) is 7.05 Å². The molecule has 0 saturated heterocycles. The molecule has 0 aliphatic heterocycles. The normalized spacial score (nSPS) is 10.8. The number of carbonyl (C=O) groups excluding carboxylic acids is 1. The first kappa shape index (κ1) is 17.0. The Balaban J connectivity index is 2.47. The van der Waals surface area contributed by atoms with Crippen LogP contribution in [-0.4, -0.2) is 51.2 Å². The predicted octanol–water partition coefficient (Wildman–Crippen LogP) is 1.88. The quantitative estimate of drug-likeness (QED) is 0.753. The van der Waals surface area contributed by atoms with Crippen molar-refractivity contribution in [1.29, 1.82) is 0 Å². The van der Waals surface area contributed by atoms with E-state index in [-0.39, 0.29) is 21.6 Å². The van der Waals surface area contributed by atoms with Crippen molar-refractivity contribution in [2.75, 3.05) is 46.1 Å². The summed E-state index contributed by atoms with van der Waals surface area (Å²) in [6.07, 6.45) is 0. The van der Waals surface area contributed by atoms with Crippen molar-refractivity contribution in [3.05, 3.63) is 27.7 Å². The summed E-state index contributed by atoms with van der Waals surface area (Å²) in [6.45, 7) is 2.73. The van der Waals surface area contributed by atoms with Crippen LogP contribution in [0.4, 0.5) is 5.69 Å². The summed E-state index contributed by atoms with van der Waals surface area (Å²) < 4.78 is 4.98. The molecule has 1 amide bonds. The maximum Gasteiger partial charge on any atom is 0.251 e. The maximum absolute atomic E-state index is 11.9. The second kappa shape index (κ2) is 8.32. The van der Waals surface area contributed by atoms with Crippen molar-refractivity contribution in [2.45, 2.75) is 0 Å². The van der Waals surface area contributed by atoms with Crippen molar-refractivity contribution in [3.63, 3.8) is 0 Å². The highest BCUT2D eigenvalue weighted by Crippen LogP contribution is 2.28. The monoisotopic (exact) mass is 319 g/mol. The molecule has 20 heavy (non-hydrogen) atoms. The van der Waals surface area contributed by atoms with E-state index < -0.39 is 0 Å². The third-order valence-corrected chi connectivity index (χ3v) is 3.42. The molecule has 1 aromatic rings. The van der Waals surface area contributed by atoms with Crippen molar-refractivity contribution in [3.8, 4) is 0 Å². The number of nitrogens with one attached hydrogen (secondary N) is 1. The number of rotatable bonds is 7. The van der Waals surface area contributed by atoms with Gasteiger partial charge >= 0.3 is 0 Å². The summed E-state index contributed by atoms with van der Waals surface area (Å²) in [5.74, 6) is -0.228. The van der Waals surface area contributed by atoms with E-state index in [4.69, 9.17) is 33.7 Å². The topological polar surface area (TPSA) is 67.6 Å². The second-order valence-corrected chi connectivity index (χ2v) is 5.22. The molecular formula is C13H19Cl2N3O2. The van der Waals surface area contributed by atoms with Crippen LogP contribution in [0.5, 0.6) is 0 Å². The number of ether oxygens (including phenoxy) is 1. The Morgan fingerprint density at radius 1 is 1.35 bits per heavy atom. The molecule has 112 valence electrons. The lowest BCUT2D eigenvalue weighted by Crippen LogP contribution is -2.34. The smallest absolute Gasteiger partial charge is 0.251 e. The van der Waals surface area contributed by atoms with Gasteiger partial charge in [0.1, 0.15) is 0 Å². The summed E-state index contributed by atoms with van der Waals surface area (Å²) >= 11 is 11.8. The molecule has 0 aliphatic carbocycles. The van der Waals surface area contributed by atoms with E-state index in [0.717, 1.165) is 13.1 Å². The average molecular weight is 320 g/mol. The molecule has 0 heterocycles. The number of amides is 1. The molecule has 0 spiro atoms. The van der Waals surface area contributed by atoms with Gasteiger partial charge in [-0.1, -0.05) is 23.2 Å². The highest BCUT2D eigenvalue weighted by Gasteiger charge is 2.11. The molecule has 5 nitrogen and oxygen atoms in total. The fourth-order valence-electron chi connectivity index (χ4n) is 1.54. The van der Waals surface area contributed by atoms with Crippen LogP contribution in [0.3, 0.4) is 0 Å². The van der Waals surface area contributed by atoms with Gasteiger partial charge in [-0.15, -0.1) is 0 Å². The number of nitrogens with two attached hydrogens (primary N) is 1. The summed E-state index contributed by atoms with van der Waals surface area (Å²) in [6, 6.07) is 3.01. The molecule has 0 fully saturated rings. The van der Waals surface area contributed by atoms with Crippen LogP contribution in [0.2, 0.25) is 10.0 Å². The number of hydrogen-bond acceptors (Lipinski definition) is 4. The minimum absolute atomic E-state index is 0.228. The van der Waals surface area contributed by atoms with Crippen LogP contribution in [0.25, 0.3) is 0 Å². The molecule has 0 atom stereocenters. The van der Waals surface area contributed by atoms with Crippen molar-refractivity contribution < 1.29 is 9.53 Å². The average Bonchev–Trinajstić information content (AvgIpc) is 2.41. The van der Waals surface area contributed by atoms with Gasteiger partial charge < -0.3 is 20.7 Å². The van der Waals surface area contributed by atoms with E-state index in [2.05, 4.69) is 10.2 Å². The lowest BCUT2D eigenvalue weighted by Gasteiger charge is -2.16. The van der Waals surface area contributed by atoms with Gasteiger partial charge in [-0.3, -0.25) is 4.79 Å². The van der Waals surface area contributed by atoms with Crippen molar-refractivity contribution in [2.24, 2.45) is 0 Å². The maximum atomic E-state index is 11.9. The van der Waals surface area contributed by atoms with Gasteiger partial charge in [0.05, 0.1) is 22.3 Å². The molecule has 3 N–H and O–H groups in total. The molecule has 0 bridgehead atoms. The molecule has 0 unspecified atom stereocenters. The number of methoxy groups -OCH3 is 1. The first-order chi connectivity index (χ1) is 9.45. The summed E-state index contributed by atoms with van der Waals surface area (Å²) in [5.41, 5.74) is 6.30. The number of anilines is 1. The zero-order chi connectivity index (χ0) is 15.1. The zero-order valence-electron chi connectivity index (χ0n) is 11.6. The van der Waals surface area contributed by atoms with Crippen LogP contribution in [-0.2, 0) is 4.74 Å². The third kappa shape index (κ3) is 5.17. The van der Waals surface area contributed by atoms with Gasteiger partial charge in [-0.05, 0) is 19.2 Å². The highest BCUT2D eigenvalue weighted by molar-refractivity contribution is 6.39. The Morgan fingerprint density at radius 3 is 2.50 bits per heavy atom. The summed E-state index contributed by atoms with van der Waals surface area (Å²) in [7, 11) is 3.62. The molecule has 1 rings (SSSR count). The number of nitrogens with zero attached hydrogens (tertiary/aromatic N) is 1. The van der Waals surface area contributed by atoms with Crippen LogP contribution in [0.1, 0.15) is 10.4 Å². The van der Waals surface area contributed by atoms with Crippen LogP contribution in [0, 0.1) is 0 Å². The molecule has 0 aliphatic rings. The van der Waals surface area contributed by atoms with Gasteiger partial charge in [-0.2, -0.15) is 0 Å². The Morgan fingerprint density at radius 2 is 1.95 bits per heavy atom. The Bertz CT molecular complexity index is 446. The van der Waals surface area contributed by atoms with Gasteiger partial charge in [0.2, 0.25) is 0 Å². The first-order valence-corrected chi connectivity index (χ1v) is 6.91.